The topological polar surface area (TPSA) is 207 Å². The number of carbonyl (C=O) groups excluding carboxylic acids is 2. The van der Waals surface area contributed by atoms with Gasteiger partial charge in [-0.1, -0.05) is 29.3 Å². The van der Waals surface area contributed by atoms with Gasteiger partial charge in [-0.3, -0.25) is 19.1 Å². The number of pyridine rings is 1. The zero-order valence-corrected chi connectivity index (χ0v) is 30.3. The minimum Gasteiger partial charge on any atom is -0.481 e. The quantitative estimate of drug-likeness (QED) is 0.213. The van der Waals surface area contributed by atoms with Gasteiger partial charge in [0.05, 0.1) is 42.7 Å². The van der Waals surface area contributed by atoms with Crippen molar-refractivity contribution in [1.29, 1.82) is 0 Å². The number of ether oxygens (including phenoxy) is 3. The van der Waals surface area contributed by atoms with Gasteiger partial charge in [-0.25, -0.2) is 28.7 Å². The first-order valence-corrected chi connectivity index (χ1v) is 16.9. The van der Waals surface area contributed by atoms with E-state index in [0.717, 1.165) is 13.1 Å². The Kier molecular flexibility index (Phi) is 12.0. The molecule has 0 unspecified atom stereocenters. The number of carbonyl (C=O) groups is 2. The lowest BCUT2D eigenvalue weighted by molar-refractivity contribution is -0.144. The van der Waals surface area contributed by atoms with Crippen LogP contribution in [0.1, 0.15) is 29.9 Å². The first kappa shape index (κ1) is 40.1. The number of sulfonamides is 1. The molecule has 0 bridgehead atoms. The number of nitrogens with zero attached hydrogens (tertiary/aromatic N) is 6. The van der Waals surface area contributed by atoms with E-state index in [4.69, 9.17) is 37.4 Å². The van der Waals surface area contributed by atoms with Gasteiger partial charge in [-0.05, 0) is 44.2 Å². The molecular weight excluding hydrogens is 776 g/mol. The highest BCUT2D eigenvalue weighted by molar-refractivity contribution is 7.90. The summed E-state index contributed by atoms with van der Waals surface area (Å²) < 4.78 is 82.6. The molecule has 0 saturated carbocycles. The van der Waals surface area contributed by atoms with E-state index < -0.39 is 51.2 Å². The number of halogens is 5. The van der Waals surface area contributed by atoms with Crippen LogP contribution in [0.2, 0.25) is 10.2 Å². The predicted octanol–water partition coefficient (Wildman–Crippen LogP) is 4.08. The van der Waals surface area contributed by atoms with Crippen molar-refractivity contribution in [3.63, 3.8) is 0 Å². The largest absolute Gasteiger partial charge is 0.481 e. The number of aromatic nitrogens is 6. The van der Waals surface area contributed by atoms with E-state index >= 15 is 0 Å². The number of amides is 2. The van der Waals surface area contributed by atoms with Crippen LogP contribution in [0, 0.1) is 0 Å². The Hall–Kier alpha value is -5.67. The van der Waals surface area contributed by atoms with Gasteiger partial charge in [-0.15, -0.1) is 0 Å². The van der Waals surface area contributed by atoms with Crippen molar-refractivity contribution < 1.29 is 45.4 Å². The van der Waals surface area contributed by atoms with E-state index in [-0.39, 0.29) is 44.2 Å². The number of fused-ring (bicyclic) bond motifs is 1. The van der Waals surface area contributed by atoms with Crippen molar-refractivity contribution >= 4 is 56.8 Å². The summed E-state index contributed by atoms with van der Waals surface area (Å²) in [6, 6.07) is 9.03. The van der Waals surface area contributed by atoms with Crippen molar-refractivity contribution in [1.82, 2.24) is 33.2 Å². The Balaban J connectivity index is 0.000000237. The number of esters is 1. The fourth-order valence-corrected chi connectivity index (χ4v) is 6.12. The number of nitrogens with one attached hydrogen (secondary N) is 2. The van der Waals surface area contributed by atoms with Crippen molar-refractivity contribution in [2.45, 2.75) is 31.2 Å². The molecule has 1 aromatic carbocycles. The molecular formula is C30H27Cl2F3N8O9S. The molecule has 17 nitrogen and oxygen atoms in total. The van der Waals surface area contributed by atoms with E-state index in [0.29, 0.717) is 20.8 Å². The summed E-state index contributed by atoms with van der Waals surface area (Å²) in [5.41, 5.74) is -3.70. The summed E-state index contributed by atoms with van der Waals surface area (Å²) in [6.45, 7) is 3.23. The minimum absolute atomic E-state index is 0.0104. The molecule has 5 rings (SSSR count). The summed E-state index contributed by atoms with van der Waals surface area (Å²) >= 11 is 11.9. The van der Waals surface area contributed by atoms with Crippen LogP contribution in [0.3, 0.4) is 0 Å². The van der Waals surface area contributed by atoms with Crippen LogP contribution in [0.25, 0.3) is 11.3 Å². The van der Waals surface area contributed by atoms with Crippen molar-refractivity contribution in [3.05, 3.63) is 97.0 Å². The van der Waals surface area contributed by atoms with E-state index in [2.05, 4.69) is 20.3 Å². The average Bonchev–Trinajstić information content (AvgIpc) is 3.42. The Morgan fingerprint density at radius 3 is 2.17 bits per heavy atom. The number of imidazole rings is 1. The fraction of sp³-hybridized carbons (Fsp3) is 0.233. The summed E-state index contributed by atoms with van der Waals surface area (Å²) in [6.07, 6.45) is -3.85. The van der Waals surface area contributed by atoms with E-state index in [1.165, 1.54) is 43.0 Å². The van der Waals surface area contributed by atoms with Crippen LogP contribution in [-0.4, -0.2) is 69.2 Å². The molecule has 0 radical (unpaired) electrons. The molecule has 2 amide bonds. The molecule has 2 N–H and O–H groups in total. The smallest absolute Gasteiger partial charge is 0.431 e. The Labute approximate surface area is 306 Å². The second kappa shape index (κ2) is 15.9. The van der Waals surface area contributed by atoms with Crippen molar-refractivity contribution in [2.75, 3.05) is 19.5 Å². The van der Waals surface area contributed by atoms with Gasteiger partial charge in [-0.2, -0.15) is 31.6 Å². The Morgan fingerprint density at radius 2 is 1.58 bits per heavy atom. The number of hydrogen-bond acceptors (Lipinski definition) is 12. The molecule has 282 valence electrons. The zero-order valence-electron chi connectivity index (χ0n) is 27.9. The standard InChI is InChI=1S/C16H14ClF3N2O4.C14H13ClN6O5S/c1-8(2)26-14(24)10-6-9(4-5-11(10)17)22-13(23)7-12(16(18,19)20)21(3)15(22)25;1-25-9-7-10(26-2)18-13(17-9)19-14(22)20-27(23,24)12-11(15)16-8-5-3-4-6-21(8)12/h4-8H,1-3H3;3-7H,1-2H3,(H2,17,18,19,20,22). The molecule has 0 atom stereocenters. The molecule has 23 heteroatoms. The van der Waals surface area contributed by atoms with Crippen LogP contribution in [0.15, 0.2) is 69.3 Å². The second-order valence-corrected chi connectivity index (χ2v) is 13.0. The van der Waals surface area contributed by atoms with Crippen LogP contribution >= 0.6 is 23.2 Å². The molecule has 53 heavy (non-hydrogen) atoms. The lowest BCUT2D eigenvalue weighted by Gasteiger charge is -2.15. The number of benzene rings is 1. The zero-order chi connectivity index (χ0) is 39.4. The number of hydrogen-bond donors (Lipinski definition) is 2. The van der Waals surface area contributed by atoms with Gasteiger partial charge in [0.2, 0.25) is 17.7 Å². The molecule has 0 aliphatic rings. The summed E-state index contributed by atoms with van der Waals surface area (Å²) in [7, 11) is -0.715. The van der Waals surface area contributed by atoms with Gasteiger partial charge < -0.3 is 14.2 Å². The van der Waals surface area contributed by atoms with E-state index in [1.54, 1.807) is 32.0 Å². The molecule has 0 fully saturated rings. The molecule has 0 saturated heterocycles. The molecule has 0 aliphatic carbocycles. The maximum Gasteiger partial charge on any atom is 0.431 e. The van der Waals surface area contributed by atoms with E-state index in [9.17, 15) is 40.8 Å². The SMILES string of the molecule is CC(C)OC(=O)c1cc(-n2c(=O)cc(C(F)(F)F)n(C)c2=O)ccc1Cl.COc1cc(OC)nc(NC(=O)NS(=O)(=O)c2c(Cl)nc3ccccn23)n1. The average molecular weight is 804 g/mol. The maximum absolute atomic E-state index is 12.9. The van der Waals surface area contributed by atoms with Crippen LogP contribution in [0.5, 0.6) is 11.8 Å². The van der Waals surface area contributed by atoms with Crippen LogP contribution in [0.4, 0.5) is 23.9 Å². The predicted molar refractivity (Wildman–Crippen MR) is 183 cm³/mol. The summed E-state index contributed by atoms with van der Waals surface area (Å²) in [5.74, 6) is -0.776. The van der Waals surface area contributed by atoms with Crippen molar-refractivity contribution in [3.8, 4) is 17.4 Å². The number of anilines is 1. The summed E-state index contributed by atoms with van der Waals surface area (Å²) in [4.78, 5) is 60.3. The first-order chi connectivity index (χ1) is 24.8. The normalized spacial score (nSPS) is 11.5. The lowest BCUT2D eigenvalue weighted by Crippen LogP contribution is -2.40. The first-order valence-electron chi connectivity index (χ1n) is 14.6. The highest BCUT2D eigenvalue weighted by Gasteiger charge is 2.35. The summed E-state index contributed by atoms with van der Waals surface area (Å²) in [5, 5.41) is 1.55. The van der Waals surface area contributed by atoms with Gasteiger partial charge in [0.15, 0.2) is 10.2 Å². The highest BCUT2D eigenvalue weighted by atomic mass is 35.5. The lowest BCUT2D eigenvalue weighted by atomic mass is 10.2. The van der Waals surface area contributed by atoms with Gasteiger partial charge in [0, 0.05) is 19.3 Å². The molecule has 4 heterocycles. The number of rotatable bonds is 8. The molecule has 0 aliphatic heterocycles. The Morgan fingerprint density at radius 1 is 0.943 bits per heavy atom. The van der Waals surface area contributed by atoms with Gasteiger partial charge >= 0.3 is 23.9 Å². The molecule has 0 spiro atoms. The third-order valence-electron chi connectivity index (χ3n) is 6.63. The third-order valence-corrected chi connectivity index (χ3v) is 8.69. The highest BCUT2D eigenvalue weighted by Crippen LogP contribution is 2.27. The van der Waals surface area contributed by atoms with Crippen LogP contribution < -0.4 is 30.8 Å². The number of alkyl halides is 3. The molecule has 4 aromatic heterocycles. The number of urea groups is 1. The van der Waals surface area contributed by atoms with Crippen LogP contribution in [-0.2, 0) is 28.0 Å². The van der Waals surface area contributed by atoms with Crippen molar-refractivity contribution in [2.24, 2.45) is 7.05 Å². The third kappa shape index (κ3) is 9.23. The Bertz CT molecular complexity index is 2410. The van der Waals surface area contributed by atoms with Gasteiger partial charge in [0.1, 0.15) is 11.3 Å². The fourth-order valence-electron chi connectivity index (χ4n) is 4.37. The second-order valence-electron chi connectivity index (χ2n) is 10.6. The molecule has 5 aromatic rings. The van der Waals surface area contributed by atoms with Gasteiger partial charge in [0.25, 0.3) is 15.6 Å². The van der Waals surface area contributed by atoms with E-state index in [1.807, 2.05) is 4.72 Å². The number of methoxy groups -OCH3 is 2. The monoisotopic (exact) mass is 802 g/mol. The maximum atomic E-state index is 12.9. The minimum atomic E-state index is -4.86.